The SMILES string of the molecule is CN(CC1CC1)C(=O)Nc1nccc(-c2cnn(C)c2)n1. The summed E-state index contributed by atoms with van der Waals surface area (Å²) in [5, 5.41) is 6.84. The minimum Gasteiger partial charge on any atom is -0.327 e. The van der Waals surface area contributed by atoms with Crippen LogP contribution in [0.25, 0.3) is 11.3 Å². The van der Waals surface area contributed by atoms with Crippen LogP contribution in [-0.2, 0) is 7.05 Å². The summed E-state index contributed by atoms with van der Waals surface area (Å²) in [6.45, 7) is 0.786. The van der Waals surface area contributed by atoms with Gasteiger partial charge in [-0.25, -0.2) is 14.8 Å². The zero-order valence-corrected chi connectivity index (χ0v) is 12.2. The third-order valence-electron chi connectivity index (χ3n) is 3.45. The Morgan fingerprint density at radius 2 is 2.33 bits per heavy atom. The Morgan fingerprint density at radius 1 is 1.52 bits per heavy atom. The van der Waals surface area contributed by atoms with Crippen molar-refractivity contribution in [2.75, 3.05) is 18.9 Å². The van der Waals surface area contributed by atoms with Crippen LogP contribution in [0.5, 0.6) is 0 Å². The number of carbonyl (C=O) groups is 1. The van der Waals surface area contributed by atoms with Crippen LogP contribution in [0.2, 0.25) is 0 Å². The molecule has 3 rings (SSSR count). The second kappa shape index (κ2) is 5.51. The molecule has 2 aromatic rings. The Labute approximate surface area is 123 Å². The van der Waals surface area contributed by atoms with Crippen LogP contribution < -0.4 is 5.32 Å². The van der Waals surface area contributed by atoms with Gasteiger partial charge in [-0.15, -0.1) is 0 Å². The highest BCUT2D eigenvalue weighted by Gasteiger charge is 2.25. The maximum atomic E-state index is 12.0. The predicted octanol–water partition coefficient (Wildman–Crippen LogP) is 1.75. The second-order valence-corrected chi connectivity index (χ2v) is 5.42. The second-order valence-electron chi connectivity index (χ2n) is 5.42. The van der Waals surface area contributed by atoms with E-state index in [0.29, 0.717) is 11.9 Å². The van der Waals surface area contributed by atoms with Gasteiger partial charge in [0.05, 0.1) is 11.9 Å². The lowest BCUT2D eigenvalue weighted by molar-refractivity contribution is 0.220. The Morgan fingerprint density at radius 3 is 3.00 bits per heavy atom. The Bertz CT molecular complexity index is 648. The van der Waals surface area contributed by atoms with Crippen molar-refractivity contribution in [3.05, 3.63) is 24.7 Å². The molecule has 2 heterocycles. The number of anilines is 1. The zero-order valence-electron chi connectivity index (χ0n) is 12.2. The van der Waals surface area contributed by atoms with E-state index >= 15 is 0 Å². The molecule has 1 N–H and O–H groups in total. The number of rotatable bonds is 4. The molecule has 1 fully saturated rings. The van der Waals surface area contributed by atoms with Crippen LogP contribution in [0.4, 0.5) is 10.7 Å². The third-order valence-corrected chi connectivity index (χ3v) is 3.45. The highest BCUT2D eigenvalue weighted by Crippen LogP contribution is 2.29. The molecule has 1 saturated carbocycles. The molecule has 0 atom stereocenters. The van der Waals surface area contributed by atoms with Crippen molar-refractivity contribution in [1.82, 2.24) is 24.6 Å². The first kappa shape index (κ1) is 13.5. The fourth-order valence-corrected chi connectivity index (χ4v) is 2.09. The molecule has 7 nitrogen and oxygen atoms in total. The minimum atomic E-state index is -0.176. The number of hydrogen-bond donors (Lipinski definition) is 1. The Hall–Kier alpha value is -2.44. The highest BCUT2D eigenvalue weighted by atomic mass is 16.2. The van der Waals surface area contributed by atoms with Gasteiger partial charge in [0.2, 0.25) is 5.95 Å². The molecule has 2 aromatic heterocycles. The number of nitrogens with one attached hydrogen (secondary N) is 1. The fourth-order valence-electron chi connectivity index (χ4n) is 2.09. The first-order valence-electron chi connectivity index (χ1n) is 6.96. The molecule has 0 bridgehead atoms. The Kier molecular flexibility index (Phi) is 3.55. The van der Waals surface area contributed by atoms with Crippen LogP contribution in [0.1, 0.15) is 12.8 Å². The lowest BCUT2D eigenvalue weighted by Gasteiger charge is -2.16. The van der Waals surface area contributed by atoms with E-state index in [1.165, 1.54) is 12.8 Å². The molecule has 0 radical (unpaired) electrons. The lowest BCUT2D eigenvalue weighted by atomic mass is 10.2. The largest absolute Gasteiger partial charge is 0.327 e. The molecule has 0 aromatic carbocycles. The molecular weight excluding hydrogens is 268 g/mol. The van der Waals surface area contributed by atoms with Gasteiger partial charge >= 0.3 is 6.03 Å². The van der Waals surface area contributed by atoms with Gasteiger partial charge in [0.1, 0.15) is 0 Å². The molecule has 0 saturated heterocycles. The number of carbonyl (C=O) groups excluding carboxylic acids is 1. The van der Waals surface area contributed by atoms with Gasteiger partial charge in [-0.1, -0.05) is 0 Å². The zero-order chi connectivity index (χ0) is 14.8. The van der Waals surface area contributed by atoms with Gasteiger partial charge in [0.25, 0.3) is 0 Å². The molecule has 21 heavy (non-hydrogen) atoms. The lowest BCUT2D eigenvalue weighted by Crippen LogP contribution is -2.33. The van der Waals surface area contributed by atoms with Crippen molar-refractivity contribution < 1.29 is 4.79 Å². The normalized spacial score (nSPS) is 14.0. The van der Waals surface area contributed by atoms with E-state index in [1.807, 2.05) is 13.2 Å². The van der Waals surface area contributed by atoms with E-state index in [2.05, 4.69) is 20.4 Å². The van der Waals surface area contributed by atoms with E-state index in [-0.39, 0.29) is 6.03 Å². The van der Waals surface area contributed by atoms with Crippen molar-refractivity contribution in [1.29, 1.82) is 0 Å². The summed E-state index contributed by atoms with van der Waals surface area (Å²) in [5.41, 5.74) is 1.62. The molecule has 110 valence electrons. The van der Waals surface area contributed by atoms with Crippen molar-refractivity contribution in [3.63, 3.8) is 0 Å². The number of amides is 2. The average molecular weight is 286 g/mol. The molecule has 1 aliphatic rings. The van der Waals surface area contributed by atoms with Crippen LogP contribution >= 0.6 is 0 Å². The third kappa shape index (κ3) is 3.36. The quantitative estimate of drug-likeness (QED) is 0.929. The summed E-state index contributed by atoms with van der Waals surface area (Å²) in [6, 6.07) is 1.62. The Balaban J connectivity index is 1.69. The van der Waals surface area contributed by atoms with Gasteiger partial charge in [-0.3, -0.25) is 10.00 Å². The van der Waals surface area contributed by atoms with E-state index in [1.54, 1.807) is 35.1 Å². The summed E-state index contributed by atoms with van der Waals surface area (Å²) in [6.07, 6.45) is 7.65. The summed E-state index contributed by atoms with van der Waals surface area (Å²) in [4.78, 5) is 22.2. The van der Waals surface area contributed by atoms with Gasteiger partial charge in [-0.05, 0) is 24.8 Å². The highest BCUT2D eigenvalue weighted by molar-refractivity contribution is 5.87. The number of hydrogen-bond acceptors (Lipinski definition) is 4. The molecule has 7 heteroatoms. The van der Waals surface area contributed by atoms with Crippen molar-refractivity contribution in [3.8, 4) is 11.3 Å². The van der Waals surface area contributed by atoms with Crippen LogP contribution in [0.3, 0.4) is 0 Å². The van der Waals surface area contributed by atoms with E-state index in [0.717, 1.165) is 17.8 Å². The number of nitrogens with zero attached hydrogens (tertiary/aromatic N) is 5. The van der Waals surface area contributed by atoms with E-state index < -0.39 is 0 Å². The molecule has 0 unspecified atom stereocenters. The first-order chi connectivity index (χ1) is 10.1. The molecular formula is C14H18N6O. The summed E-state index contributed by atoms with van der Waals surface area (Å²) in [5.74, 6) is 0.965. The standard InChI is InChI=1S/C14H18N6O/c1-19(8-10-3-4-10)14(21)18-13-15-6-5-12(17-13)11-7-16-20(2)9-11/h5-7,9-10H,3-4,8H2,1-2H3,(H,15,17,18,21). The van der Waals surface area contributed by atoms with Crippen LogP contribution in [0, 0.1) is 5.92 Å². The number of urea groups is 1. The molecule has 0 aliphatic heterocycles. The topological polar surface area (TPSA) is 75.9 Å². The van der Waals surface area contributed by atoms with Gasteiger partial charge < -0.3 is 4.90 Å². The van der Waals surface area contributed by atoms with Crippen LogP contribution in [0.15, 0.2) is 24.7 Å². The summed E-state index contributed by atoms with van der Waals surface area (Å²) >= 11 is 0. The minimum absolute atomic E-state index is 0.176. The van der Waals surface area contributed by atoms with Gasteiger partial charge in [0.15, 0.2) is 0 Å². The molecule has 1 aliphatic carbocycles. The smallest absolute Gasteiger partial charge is 0.323 e. The summed E-state index contributed by atoms with van der Waals surface area (Å²) in [7, 11) is 3.64. The summed E-state index contributed by atoms with van der Waals surface area (Å²) < 4.78 is 1.71. The van der Waals surface area contributed by atoms with Crippen molar-refractivity contribution >= 4 is 12.0 Å². The first-order valence-corrected chi connectivity index (χ1v) is 6.96. The number of aromatic nitrogens is 4. The van der Waals surface area contributed by atoms with Crippen molar-refractivity contribution in [2.24, 2.45) is 13.0 Å². The number of aryl methyl sites for hydroxylation is 1. The van der Waals surface area contributed by atoms with Gasteiger partial charge in [-0.2, -0.15) is 5.10 Å². The van der Waals surface area contributed by atoms with E-state index in [4.69, 9.17) is 0 Å². The average Bonchev–Trinajstić information content (AvgIpc) is 3.17. The van der Waals surface area contributed by atoms with Gasteiger partial charge in [0, 0.05) is 38.6 Å². The monoisotopic (exact) mass is 286 g/mol. The maximum absolute atomic E-state index is 12.0. The fraction of sp³-hybridized carbons (Fsp3) is 0.429. The van der Waals surface area contributed by atoms with Crippen molar-refractivity contribution in [2.45, 2.75) is 12.8 Å². The molecule has 0 spiro atoms. The van der Waals surface area contributed by atoms with E-state index in [9.17, 15) is 4.79 Å². The van der Waals surface area contributed by atoms with Crippen LogP contribution in [-0.4, -0.2) is 44.3 Å². The maximum Gasteiger partial charge on any atom is 0.323 e. The predicted molar refractivity (Wildman–Crippen MR) is 78.6 cm³/mol. The molecule has 2 amide bonds.